The van der Waals surface area contributed by atoms with Gasteiger partial charge in [0.15, 0.2) is 5.67 Å². The van der Waals surface area contributed by atoms with Crippen LogP contribution in [0.5, 0.6) is 11.5 Å². The van der Waals surface area contributed by atoms with Crippen molar-refractivity contribution in [3.63, 3.8) is 0 Å². The number of rotatable bonds is 5. The van der Waals surface area contributed by atoms with E-state index in [1.54, 1.807) is 18.2 Å². The van der Waals surface area contributed by atoms with Crippen LogP contribution in [0.25, 0.3) is 0 Å². The highest BCUT2D eigenvalue weighted by molar-refractivity contribution is 5.77. The molecular weight excluding hydrogens is 253 g/mol. The SMILES string of the molecule is COC(=O)[C@H]1C[C@@]1(F)COc1cc(N)cc(OC)c1. The number of carbonyl (C=O) groups excluding carboxylic acids is 1. The molecule has 1 aliphatic rings. The summed E-state index contributed by atoms with van der Waals surface area (Å²) in [6.07, 6.45) is 0.124. The van der Waals surface area contributed by atoms with Crippen LogP contribution in [-0.4, -0.2) is 32.5 Å². The van der Waals surface area contributed by atoms with Crippen molar-refractivity contribution in [2.24, 2.45) is 5.92 Å². The smallest absolute Gasteiger partial charge is 0.312 e. The van der Waals surface area contributed by atoms with E-state index in [9.17, 15) is 9.18 Å². The molecule has 1 fully saturated rings. The Morgan fingerprint density at radius 3 is 2.74 bits per heavy atom. The monoisotopic (exact) mass is 269 g/mol. The Labute approximate surface area is 110 Å². The van der Waals surface area contributed by atoms with Gasteiger partial charge in [-0.1, -0.05) is 0 Å². The number of carbonyl (C=O) groups is 1. The zero-order chi connectivity index (χ0) is 14.0. The zero-order valence-electron chi connectivity index (χ0n) is 10.8. The van der Waals surface area contributed by atoms with E-state index in [1.807, 2.05) is 0 Å². The number of ether oxygens (including phenoxy) is 3. The van der Waals surface area contributed by atoms with Crippen molar-refractivity contribution in [2.75, 3.05) is 26.6 Å². The molecule has 19 heavy (non-hydrogen) atoms. The van der Waals surface area contributed by atoms with Gasteiger partial charge >= 0.3 is 5.97 Å². The first-order chi connectivity index (χ1) is 8.98. The van der Waals surface area contributed by atoms with E-state index in [1.165, 1.54) is 14.2 Å². The first-order valence-corrected chi connectivity index (χ1v) is 5.82. The van der Waals surface area contributed by atoms with Crippen LogP contribution in [0.3, 0.4) is 0 Å². The standard InChI is InChI=1S/C13H16FNO4/c1-17-9-3-8(15)4-10(5-9)19-7-13(14)6-11(13)12(16)18-2/h3-5,11H,6-7,15H2,1-2H3/t11-,13-/m1/s1. The van der Waals surface area contributed by atoms with Crippen LogP contribution in [0, 0.1) is 5.92 Å². The predicted octanol–water partition coefficient (Wildman–Crippen LogP) is 1.56. The molecule has 1 aromatic rings. The number of methoxy groups -OCH3 is 2. The fourth-order valence-corrected chi connectivity index (χ4v) is 1.87. The Balaban J connectivity index is 1.97. The largest absolute Gasteiger partial charge is 0.497 e. The maximum atomic E-state index is 14.1. The molecule has 1 saturated carbocycles. The second-order valence-corrected chi connectivity index (χ2v) is 4.55. The molecule has 0 heterocycles. The van der Waals surface area contributed by atoms with Gasteiger partial charge in [0.25, 0.3) is 0 Å². The summed E-state index contributed by atoms with van der Waals surface area (Å²) in [6, 6.07) is 4.81. The number of benzene rings is 1. The quantitative estimate of drug-likeness (QED) is 0.648. The molecule has 1 aromatic carbocycles. The fraction of sp³-hybridized carbons (Fsp3) is 0.462. The Kier molecular flexibility index (Phi) is 3.50. The Morgan fingerprint density at radius 2 is 2.11 bits per heavy atom. The van der Waals surface area contributed by atoms with Crippen molar-refractivity contribution in [1.82, 2.24) is 0 Å². The number of anilines is 1. The van der Waals surface area contributed by atoms with E-state index < -0.39 is 17.6 Å². The van der Waals surface area contributed by atoms with Gasteiger partial charge in [-0.3, -0.25) is 4.79 Å². The minimum absolute atomic E-state index is 0.124. The minimum Gasteiger partial charge on any atom is -0.497 e. The normalized spacial score (nSPS) is 24.7. The lowest BCUT2D eigenvalue weighted by Gasteiger charge is -2.11. The molecule has 104 valence electrons. The van der Waals surface area contributed by atoms with Crippen molar-refractivity contribution < 1.29 is 23.4 Å². The molecule has 0 amide bonds. The summed E-state index contributed by atoms with van der Waals surface area (Å²) in [4.78, 5) is 11.2. The van der Waals surface area contributed by atoms with Crippen molar-refractivity contribution in [3.05, 3.63) is 18.2 Å². The molecule has 0 unspecified atom stereocenters. The summed E-state index contributed by atoms with van der Waals surface area (Å²) < 4.78 is 29.0. The molecule has 2 rings (SSSR count). The van der Waals surface area contributed by atoms with Crippen LogP contribution in [0.15, 0.2) is 18.2 Å². The van der Waals surface area contributed by atoms with Gasteiger partial charge in [0.05, 0.1) is 20.1 Å². The van der Waals surface area contributed by atoms with Gasteiger partial charge in [-0.15, -0.1) is 0 Å². The topological polar surface area (TPSA) is 70.8 Å². The number of hydrogen-bond donors (Lipinski definition) is 1. The van der Waals surface area contributed by atoms with Crippen molar-refractivity contribution in [1.29, 1.82) is 0 Å². The lowest BCUT2D eigenvalue weighted by atomic mass is 10.2. The number of hydrogen-bond acceptors (Lipinski definition) is 5. The molecular formula is C13H16FNO4. The van der Waals surface area contributed by atoms with Gasteiger partial charge in [-0.2, -0.15) is 0 Å². The first-order valence-electron chi connectivity index (χ1n) is 5.82. The first kappa shape index (κ1) is 13.5. The van der Waals surface area contributed by atoms with Gasteiger partial charge < -0.3 is 19.9 Å². The molecule has 0 aliphatic heterocycles. The molecule has 0 radical (unpaired) electrons. The molecule has 2 atom stereocenters. The summed E-state index contributed by atoms with van der Waals surface area (Å²) in [7, 11) is 2.74. The average molecular weight is 269 g/mol. The molecule has 0 spiro atoms. The van der Waals surface area contributed by atoms with Crippen LogP contribution in [-0.2, 0) is 9.53 Å². The summed E-state index contributed by atoms with van der Waals surface area (Å²) >= 11 is 0. The highest BCUT2D eigenvalue weighted by Gasteiger charge is 2.61. The Bertz CT molecular complexity index is 494. The molecule has 6 heteroatoms. The number of nitrogen functional groups attached to an aromatic ring is 1. The van der Waals surface area contributed by atoms with Crippen molar-refractivity contribution in [2.45, 2.75) is 12.1 Å². The lowest BCUT2D eigenvalue weighted by Crippen LogP contribution is -2.21. The second kappa shape index (κ2) is 4.95. The molecule has 0 aromatic heterocycles. The maximum absolute atomic E-state index is 14.1. The molecule has 0 saturated heterocycles. The van der Waals surface area contributed by atoms with Gasteiger partial charge in [0.2, 0.25) is 0 Å². The molecule has 5 nitrogen and oxygen atoms in total. The van der Waals surface area contributed by atoms with Gasteiger partial charge in [0.1, 0.15) is 18.1 Å². The van der Waals surface area contributed by atoms with Crippen molar-refractivity contribution >= 4 is 11.7 Å². The maximum Gasteiger partial charge on any atom is 0.312 e. The lowest BCUT2D eigenvalue weighted by molar-refractivity contribution is -0.143. The van der Waals surface area contributed by atoms with Gasteiger partial charge in [0, 0.05) is 30.3 Å². The Hall–Kier alpha value is -1.98. The average Bonchev–Trinajstić information content (AvgIpc) is 3.07. The minimum atomic E-state index is -1.65. The second-order valence-electron chi connectivity index (χ2n) is 4.55. The number of halogens is 1. The fourth-order valence-electron chi connectivity index (χ4n) is 1.87. The van der Waals surface area contributed by atoms with Gasteiger partial charge in [-0.25, -0.2) is 4.39 Å². The summed E-state index contributed by atoms with van der Waals surface area (Å²) in [5, 5.41) is 0. The van der Waals surface area contributed by atoms with E-state index in [4.69, 9.17) is 15.2 Å². The summed E-state index contributed by atoms with van der Waals surface area (Å²) in [5.41, 5.74) is 4.47. The van der Waals surface area contributed by atoms with Crippen molar-refractivity contribution in [3.8, 4) is 11.5 Å². The highest BCUT2D eigenvalue weighted by Crippen LogP contribution is 2.48. The number of nitrogens with two attached hydrogens (primary N) is 1. The van der Waals surface area contributed by atoms with Crippen LogP contribution in [0.4, 0.5) is 10.1 Å². The Morgan fingerprint density at radius 1 is 1.42 bits per heavy atom. The van der Waals surface area contributed by atoms with E-state index in [0.717, 1.165) is 0 Å². The summed E-state index contributed by atoms with van der Waals surface area (Å²) in [5.74, 6) is -0.343. The predicted molar refractivity (Wildman–Crippen MR) is 66.9 cm³/mol. The van der Waals surface area contributed by atoms with Gasteiger partial charge in [-0.05, 0) is 0 Å². The zero-order valence-corrected chi connectivity index (χ0v) is 10.8. The third-order valence-corrected chi connectivity index (χ3v) is 3.11. The third kappa shape index (κ3) is 2.89. The van der Waals surface area contributed by atoms with E-state index in [2.05, 4.69) is 4.74 Å². The van der Waals surface area contributed by atoms with Crippen LogP contribution >= 0.6 is 0 Å². The molecule has 1 aliphatic carbocycles. The van der Waals surface area contributed by atoms with Crippen LogP contribution in [0.1, 0.15) is 6.42 Å². The number of esters is 1. The van der Waals surface area contributed by atoms with E-state index in [0.29, 0.717) is 17.2 Å². The van der Waals surface area contributed by atoms with E-state index >= 15 is 0 Å². The molecule has 2 N–H and O–H groups in total. The highest BCUT2D eigenvalue weighted by atomic mass is 19.1. The summed E-state index contributed by atoms with van der Waals surface area (Å²) in [6.45, 7) is -0.209. The van der Waals surface area contributed by atoms with E-state index in [-0.39, 0.29) is 13.0 Å². The van der Waals surface area contributed by atoms with Crippen LogP contribution in [0.2, 0.25) is 0 Å². The van der Waals surface area contributed by atoms with Crippen LogP contribution < -0.4 is 15.2 Å². The molecule has 0 bridgehead atoms. The third-order valence-electron chi connectivity index (χ3n) is 3.11. The number of alkyl halides is 1.